The topological polar surface area (TPSA) is 84.5 Å². The Morgan fingerprint density at radius 3 is 2.17 bits per heavy atom. The van der Waals surface area contributed by atoms with E-state index in [1.807, 2.05) is 32.9 Å². The normalized spacial score (nSPS) is 10.4. The average molecular weight is 425 g/mol. The first-order chi connectivity index (χ1) is 13.6. The van der Waals surface area contributed by atoms with Crippen LogP contribution in [0.25, 0.3) is 0 Å². The van der Waals surface area contributed by atoms with Gasteiger partial charge >= 0.3 is 5.97 Å². The highest BCUT2D eigenvalue weighted by Gasteiger charge is 2.18. The van der Waals surface area contributed by atoms with Crippen LogP contribution in [-0.2, 0) is 14.3 Å². The van der Waals surface area contributed by atoms with Crippen molar-refractivity contribution in [2.75, 3.05) is 18.5 Å². The van der Waals surface area contributed by atoms with E-state index in [0.29, 0.717) is 17.8 Å². The highest BCUT2D eigenvalue weighted by atomic mass is 35.5. The van der Waals surface area contributed by atoms with Crippen molar-refractivity contribution in [2.24, 2.45) is 0 Å². The number of amides is 2. The molecule has 0 aliphatic carbocycles. The van der Waals surface area contributed by atoms with Gasteiger partial charge in [-0.05, 0) is 44.0 Å². The molecule has 6 nitrogen and oxygen atoms in total. The number of benzene rings is 2. The molecule has 2 aromatic rings. The Morgan fingerprint density at radius 1 is 0.966 bits per heavy atom. The molecule has 2 aromatic carbocycles. The Kier molecular flexibility index (Phi) is 7.28. The second-order valence-electron chi connectivity index (χ2n) is 6.42. The van der Waals surface area contributed by atoms with Gasteiger partial charge in [-0.2, -0.15) is 0 Å². The summed E-state index contributed by atoms with van der Waals surface area (Å²) >= 11 is 5.67. The number of nitrogens with one attached hydrogen (secondary N) is 2. The molecule has 0 radical (unpaired) electrons. The third-order valence-corrected chi connectivity index (χ3v) is 4.26. The lowest BCUT2D eigenvalue weighted by Gasteiger charge is -2.13. The molecule has 0 heterocycles. The predicted octanol–water partition coefficient (Wildman–Crippen LogP) is 3.46. The maximum atomic E-state index is 13.2. The quantitative estimate of drug-likeness (QED) is 0.549. The van der Waals surface area contributed by atoms with Gasteiger partial charge in [0.25, 0.3) is 5.91 Å². The number of ether oxygens (including phenoxy) is 1. The van der Waals surface area contributed by atoms with Gasteiger partial charge in [-0.3, -0.25) is 9.59 Å². The van der Waals surface area contributed by atoms with Crippen molar-refractivity contribution in [3.63, 3.8) is 0 Å². The molecule has 0 atom stereocenters. The summed E-state index contributed by atoms with van der Waals surface area (Å²) in [7, 11) is 0. The molecule has 0 aliphatic heterocycles. The van der Waals surface area contributed by atoms with Gasteiger partial charge in [0, 0.05) is 5.69 Å². The fourth-order valence-corrected chi connectivity index (χ4v) is 2.91. The first kappa shape index (κ1) is 22.3. The number of aryl methyl sites for hydroxylation is 3. The van der Waals surface area contributed by atoms with Gasteiger partial charge in [-0.1, -0.05) is 29.3 Å². The molecule has 0 unspecified atom stereocenters. The van der Waals surface area contributed by atoms with Crippen LogP contribution in [0.1, 0.15) is 27.0 Å². The molecule has 9 heteroatoms. The minimum Gasteiger partial charge on any atom is -0.452 e. The van der Waals surface area contributed by atoms with Crippen molar-refractivity contribution in [3.05, 3.63) is 63.2 Å². The zero-order chi connectivity index (χ0) is 21.7. The summed E-state index contributed by atoms with van der Waals surface area (Å²) in [5, 5.41) is 4.66. The van der Waals surface area contributed by atoms with E-state index in [4.69, 9.17) is 16.3 Å². The highest BCUT2D eigenvalue weighted by Crippen LogP contribution is 2.22. The summed E-state index contributed by atoms with van der Waals surface area (Å²) in [5.74, 6) is -4.79. The number of hydrogen-bond acceptors (Lipinski definition) is 4. The number of halogens is 3. The van der Waals surface area contributed by atoms with Crippen LogP contribution < -0.4 is 10.6 Å². The lowest BCUT2D eigenvalue weighted by Crippen LogP contribution is -2.35. The highest BCUT2D eigenvalue weighted by molar-refractivity contribution is 6.33. The third kappa shape index (κ3) is 5.99. The molecule has 2 rings (SSSR count). The van der Waals surface area contributed by atoms with Crippen molar-refractivity contribution in [2.45, 2.75) is 20.8 Å². The molecule has 0 bridgehead atoms. The molecular formula is C20H19ClF2N2O4. The van der Waals surface area contributed by atoms with Crippen LogP contribution in [-0.4, -0.2) is 30.9 Å². The van der Waals surface area contributed by atoms with E-state index in [-0.39, 0.29) is 11.6 Å². The molecule has 2 amide bonds. The number of rotatable bonds is 6. The van der Waals surface area contributed by atoms with Crippen LogP contribution in [0.3, 0.4) is 0 Å². The molecule has 0 aromatic heterocycles. The molecule has 0 spiro atoms. The largest absolute Gasteiger partial charge is 0.452 e. The molecule has 154 valence electrons. The predicted molar refractivity (Wildman–Crippen MR) is 104 cm³/mol. The summed E-state index contributed by atoms with van der Waals surface area (Å²) in [6, 6.07) is 5.05. The lowest BCUT2D eigenvalue weighted by atomic mass is 10.1. The van der Waals surface area contributed by atoms with Crippen LogP contribution >= 0.6 is 11.6 Å². The molecule has 0 fully saturated rings. The van der Waals surface area contributed by atoms with Gasteiger partial charge in [-0.15, -0.1) is 0 Å². The lowest BCUT2D eigenvalue weighted by molar-refractivity contribution is -0.126. The molecule has 0 saturated carbocycles. The Morgan fingerprint density at radius 2 is 1.55 bits per heavy atom. The van der Waals surface area contributed by atoms with E-state index in [9.17, 15) is 23.2 Å². The third-order valence-electron chi connectivity index (χ3n) is 3.95. The fourth-order valence-electron chi connectivity index (χ4n) is 2.68. The van der Waals surface area contributed by atoms with Gasteiger partial charge in [0.05, 0.1) is 17.1 Å². The van der Waals surface area contributed by atoms with Crippen LogP contribution in [0.2, 0.25) is 5.02 Å². The number of esters is 1. The molecule has 0 saturated heterocycles. The van der Waals surface area contributed by atoms with Crippen LogP contribution in [0.15, 0.2) is 24.3 Å². The summed E-state index contributed by atoms with van der Waals surface area (Å²) in [6.45, 7) is 4.61. The zero-order valence-electron chi connectivity index (χ0n) is 16.0. The van der Waals surface area contributed by atoms with Gasteiger partial charge in [0.1, 0.15) is 0 Å². The Hall–Kier alpha value is -3.00. The Bertz CT molecular complexity index is 956. The Balaban J connectivity index is 1.85. The first-order valence-corrected chi connectivity index (χ1v) is 8.92. The summed E-state index contributed by atoms with van der Waals surface area (Å²) < 4.78 is 31.0. The number of carbonyl (C=O) groups is 3. The SMILES string of the molecule is Cc1cc(C)c(NC(=O)CNC(=O)COC(=O)c2cc(F)c(F)cc2Cl)c(C)c1. The van der Waals surface area contributed by atoms with Crippen molar-refractivity contribution in [3.8, 4) is 0 Å². The minimum atomic E-state index is -1.27. The maximum absolute atomic E-state index is 13.2. The van der Waals surface area contributed by atoms with Gasteiger partial charge in [0.15, 0.2) is 18.2 Å². The fraction of sp³-hybridized carbons (Fsp3) is 0.250. The average Bonchev–Trinajstić information content (AvgIpc) is 2.63. The van der Waals surface area contributed by atoms with E-state index < -0.39 is 41.6 Å². The molecule has 0 aliphatic rings. The van der Waals surface area contributed by atoms with Crippen molar-refractivity contribution < 1.29 is 27.9 Å². The zero-order valence-corrected chi connectivity index (χ0v) is 16.7. The summed E-state index contributed by atoms with van der Waals surface area (Å²) in [6.07, 6.45) is 0. The monoisotopic (exact) mass is 424 g/mol. The number of anilines is 1. The molecular weight excluding hydrogens is 406 g/mol. The van der Waals surface area contributed by atoms with E-state index in [1.165, 1.54) is 0 Å². The first-order valence-electron chi connectivity index (χ1n) is 8.54. The van der Waals surface area contributed by atoms with E-state index in [1.54, 1.807) is 0 Å². The van der Waals surface area contributed by atoms with Crippen LogP contribution in [0.4, 0.5) is 14.5 Å². The molecule has 29 heavy (non-hydrogen) atoms. The number of carbonyl (C=O) groups excluding carboxylic acids is 3. The Labute approximate surface area is 171 Å². The van der Waals surface area contributed by atoms with Crippen molar-refractivity contribution in [1.82, 2.24) is 5.32 Å². The standard InChI is InChI=1S/C20H19ClF2N2O4/c1-10-4-11(2)19(12(3)5-10)25-17(26)8-24-18(27)9-29-20(28)13-6-15(22)16(23)7-14(13)21/h4-7H,8-9H2,1-3H3,(H,24,27)(H,25,26). The molecule has 2 N–H and O–H groups in total. The van der Waals surface area contributed by atoms with E-state index in [0.717, 1.165) is 16.7 Å². The van der Waals surface area contributed by atoms with E-state index >= 15 is 0 Å². The number of hydrogen-bond donors (Lipinski definition) is 2. The van der Waals surface area contributed by atoms with Crippen LogP contribution in [0.5, 0.6) is 0 Å². The second-order valence-corrected chi connectivity index (χ2v) is 6.83. The second kappa shape index (κ2) is 9.47. The van der Waals surface area contributed by atoms with Crippen molar-refractivity contribution >= 4 is 35.1 Å². The van der Waals surface area contributed by atoms with E-state index in [2.05, 4.69) is 10.6 Å². The summed E-state index contributed by atoms with van der Waals surface area (Å²) in [4.78, 5) is 35.7. The van der Waals surface area contributed by atoms with Gasteiger partial charge in [-0.25, -0.2) is 13.6 Å². The smallest absolute Gasteiger partial charge is 0.340 e. The summed E-state index contributed by atoms with van der Waals surface area (Å²) in [5.41, 5.74) is 3.09. The van der Waals surface area contributed by atoms with Gasteiger partial charge < -0.3 is 15.4 Å². The maximum Gasteiger partial charge on any atom is 0.340 e. The van der Waals surface area contributed by atoms with Gasteiger partial charge in [0.2, 0.25) is 5.91 Å². The van der Waals surface area contributed by atoms with Crippen LogP contribution in [0, 0.1) is 32.4 Å². The minimum absolute atomic E-state index is 0.338. The van der Waals surface area contributed by atoms with Crippen molar-refractivity contribution in [1.29, 1.82) is 0 Å².